The van der Waals surface area contributed by atoms with E-state index < -0.39 is 5.95 Å². The molecule has 0 aliphatic carbocycles. The van der Waals surface area contributed by atoms with Gasteiger partial charge in [0.1, 0.15) is 0 Å². The number of hydrogen-bond acceptors (Lipinski definition) is 2. The molecule has 0 aromatic carbocycles. The number of rotatable bonds is 3. The highest BCUT2D eigenvalue weighted by Gasteiger charge is 2.05. The molecule has 0 aliphatic rings. The smallest absolute Gasteiger partial charge is 0.222 e. The van der Waals surface area contributed by atoms with E-state index in [0.717, 1.165) is 5.56 Å². The Bertz CT molecular complexity index is 308. The third-order valence-corrected chi connectivity index (χ3v) is 1.78. The Kier molecular flexibility index (Phi) is 3.56. The number of aromatic nitrogens is 1. The molecule has 1 aromatic rings. The summed E-state index contributed by atoms with van der Waals surface area (Å²) in [6.45, 7) is 4.03. The fourth-order valence-electron chi connectivity index (χ4n) is 0.904. The zero-order valence-corrected chi connectivity index (χ0v) is 8.25. The van der Waals surface area contributed by atoms with Crippen LogP contribution in [0.1, 0.15) is 19.4 Å². The van der Waals surface area contributed by atoms with Crippen LogP contribution in [0, 0.1) is 11.9 Å². The van der Waals surface area contributed by atoms with Gasteiger partial charge in [-0.15, -0.1) is 0 Å². The molecule has 0 aliphatic heterocycles. The number of carbonyl (C=O) groups excluding carboxylic acids is 1. The van der Waals surface area contributed by atoms with Crippen LogP contribution in [0.3, 0.4) is 0 Å². The molecule has 0 radical (unpaired) electrons. The molecule has 0 atom stereocenters. The van der Waals surface area contributed by atoms with E-state index in [-0.39, 0.29) is 11.8 Å². The molecule has 0 spiro atoms. The molecule has 1 N–H and O–H groups in total. The summed E-state index contributed by atoms with van der Waals surface area (Å²) in [5.41, 5.74) is 0.792. The van der Waals surface area contributed by atoms with E-state index in [2.05, 4.69) is 10.3 Å². The van der Waals surface area contributed by atoms with Gasteiger partial charge in [0, 0.05) is 18.7 Å². The Balaban J connectivity index is 2.46. The van der Waals surface area contributed by atoms with Crippen LogP contribution in [0.5, 0.6) is 0 Å². The first-order valence-electron chi connectivity index (χ1n) is 4.47. The molecule has 4 heteroatoms. The molecular weight excluding hydrogens is 183 g/mol. The summed E-state index contributed by atoms with van der Waals surface area (Å²) >= 11 is 0. The van der Waals surface area contributed by atoms with Crippen LogP contribution < -0.4 is 5.32 Å². The molecule has 1 amide bonds. The average molecular weight is 196 g/mol. The van der Waals surface area contributed by atoms with Gasteiger partial charge in [0.05, 0.1) is 0 Å². The number of nitrogens with zero attached hydrogens (tertiary/aromatic N) is 1. The van der Waals surface area contributed by atoms with Crippen LogP contribution in [-0.2, 0) is 11.3 Å². The molecule has 0 unspecified atom stereocenters. The van der Waals surface area contributed by atoms with Crippen molar-refractivity contribution in [3.63, 3.8) is 0 Å². The Morgan fingerprint density at radius 3 is 2.79 bits per heavy atom. The SMILES string of the molecule is CC(C)C(=O)NCc1ccc(F)nc1. The van der Waals surface area contributed by atoms with Crippen LogP contribution in [0.4, 0.5) is 4.39 Å². The molecule has 1 heterocycles. The molecule has 76 valence electrons. The van der Waals surface area contributed by atoms with Crippen LogP contribution in [0.15, 0.2) is 18.3 Å². The maximum absolute atomic E-state index is 12.4. The Morgan fingerprint density at radius 2 is 2.29 bits per heavy atom. The first kappa shape index (κ1) is 10.6. The van der Waals surface area contributed by atoms with Crippen LogP contribution in [-0.4, -0.2) is 10.9 Å². The van der Waals surface area contributed by atoms with Gasteiger partial charge in [-0.05, 0) is 11.6 Å². The highest BCUT2D eigenvalue weighted by molar-refractivity contribution is 5.77. The third kappa shape index (κ3) is 3.12. The van der Waals surface area contributed by atoms with Gasteiger partial charge in [-0.3, -0.25) is 4.79 Å². The van der Waals surface area contributed by atoms with Crippen molar-refractivity contribution in [2.24, 2.45) is 5.92 Å². The molecule has 0 bridgehead atoms. The highest BCUT2D eigenvalue weighted by atomic mass is 19.1. The molecule has 0 fully saturated rings. The van der Waals surface area contributed by atoms with Crippen molar-refractivity contribution in [1.82, 2.24) is 10.3 Å². The average Bonchev–Trinajstić information content (AvgIpc) is 2.16. The quantitative estimate of drug-likeness (QED) is 0.744. The second-order valence-corrected chi connectivity index (χ2v) is 3.36. The van der Waals surface area contributed by atoms with Gasteiger partial charge < -0.3 is 5.32 Å². The second-order valence-electron chi connectivity index (χ2n) is 3.36. The summed E-state index contributed by atoms with van der Waals surface area (Å²) in [5, 5.41) is 2.72. The summed E-state index contributed by atoms with van der Waals surface area (Å²) < 4.78 is 12.4. The number of carbonyl (C=O) groups is 1. The van der Waals surface area contributed by atoms with Gasteiger partial charge in [-0.1, -0.05) is 19.9 Å². The largest absolute Gasteiger partial charge is 0.352 e. The predicted molar refractivity (Wildman–Crippen MR) is 50.9 cm³/mol. The normalized spacial score (nSPS) is 10.3. The lowest BCUT2D eigenvalue weighted by Gasteiger charge is -2.06. The van der Waals surface area contributed by atoms with E-state index in [4.69, 9.17) is 0 Å². The number of pyridine rings is 1. The zero-order valence-electron chi connectivity index (χ0n) is 8.25. The molecule has 1 rings (SSSR count). The topological polar surface area (TPSA) is 42.0 Å². The van der Waals surface area contributed by atoms with E-state index in [1.807, 2.05) is 13.8 Å². The van der Waals surface area contributed by atoms with Crippen molar-refractivity contribution >= 4 is 5.91 Å². The standard InChI is InChI=1S/C10H13FN2O/c1-7(2)10(14)13-6-8-3-4-9(11)12-5-8/h3-5,7H,6H2,1-2H3,(H,13,14). The molecule has 0 saturated carbocycles. The van der Waals surface area contributed by atoms with Gasteiger partial charge in [0.15, 0.2) is 0 Å². The summed E-state index contributed by atoms with van der Waals surface area (Å²) in [6.07, 6.45) is 1.41. The minimum Gasteiger partial charge on any atom is -0.352 e. The van der Waals surface area contributed by atoms with Crippen molar-refractivity contribution in [3.05, 3.63) is 29.8 Å². The van der Waals surface area contributed by atoms with Crippen molar-refractivity contribution < 1.29 is 9.18 Å². The summed E-state index contributed by atoms with van der Waals surface area (Å²) in [4.78, 5) is 14.7. The minimum atomic E-state index is -0.510. The molecule has 3 nitrogen and oxygen atoms in total. The van der Waals surface area contributed by atoms with Gasteiger partial charge in [0.25, 0.3) is 0 Å². The highest BCUT2D eigenvalue weighted by Crippen LogP contribution is 1.99. The Labute approximate surface area is 82.4 Å². The van der Waals surface area contributed by atoms with Gasteiger partial charge in [-0.2, -0.15) is 4.39 Å². The third-order valence-electron chi connectivity index (χ3n) is 1.78. The fraction of sp³-hybridized carbons (Fsp3) is 0.400. The predicted octanol–water partition coefficient (Wildman–Crippen LogP) is 1.49. The van der Waals surface area contributed by atoms with E-state index in [1.165, 1.54) is 12.3 Å². The van der Waals surface area contributed by atoms with Gasteiger partial charge >= 0.3 is 0 Å². The fourth-order valence-corrected chi connectivity index (χ4v) is 0.904. The van der Waals surface area contributed by atoms with E-state index in [1.54, 1.807) is 6.07 Å². The second kappa shape index (κ2) is 4.69. The number of nitrogens with one attached hydrogen (secondary N) is 1. The first-order valence-corrected chi connectivity index (χ1v) is 4.47. The zero-order chi connectivity index (χ0) is 10.6. The van der Waals surface area contributed by atoms with Crippen LogP contribution >= 0.6 is 0 Å². The lowest BCUT2D eigenvalue weighted by molar-refractivity contribution is -0.124. The van der Waals surface area contributed by atoms with E-state index in [0.29, 0.717) is 6.54 Å². The van der Waals surface area contributed by atoms with Crippen molar-refractivity contribution in [2.75, 3.05) is 0 Å². The lowest BCUT2D eigenvalue weighted by atomic mass is 10.2. The summed E-state index contributed by atoms with van der Waals surface area (Å²) in [6, 6.07) is 2.87. The van der Waals surface area contributed by atoms with Gasteiger partial charge in [0.2, 0.25) is 11.9 Å². The van der Waals surface area contributed by atoms with Gasteiger partial charge in [-0.25, -0.2) is 4.98 Å². The number of amides is 1. The van der Waals surface area contributed by atoms with E-state index in [9.17, 15) is 9.18 Å². The van der Waals surface area contributed by atoms with Crippen LogP contribution in [0.2, 0.25) is 0 Å². The monoisotopic (exact) mass is 196 g/mol. The Hall–Kier alpha value is -1.45. The van der Waals surface area contributed by atoms with E-state index >= 15 is 0 Å². The molecule has 1 aromatic heterocycles. The lowest BCUT2D eigenvalue weighted by Crippen LogP contribution is -2.27. The van der Waals surface area contributed by atoms with Crippen molar-refractivity contribution in [3.8, 4) is 0 Å². The minimum absolute atomic E-state index is 0.0191. The number of hydrogen-bond donors (Lipinski definition) is 1. The molecular formula is C10H13FN2O. The summed E-state index contributed by atoms with van der Waals surface area (Å²) in [7, 11) is 0. The molecule has 14 heavy (non-hydrogen) atoms. The summed E-state index contributed by atoms with van der Waals surface area (Å²) in [5.74, 6) is -0.568. The number of halogens is 1. The maximum atomic E-state index is 12.4. The maximum Gasteiger partial charge on any atom is 0.222 e. The molecule has 0 saturated heterocycles. The Morgan fingerprint density at radius 1 is 1.57 bits per heavy atom. The first-order chi connectivity index (χ1) is 6.59. The van der Waals surface area contributed by atoms with Crippen molar-refractivity contribution in [2.45, 2.75) is 20.4 Å². The van der Waals surface area contributed by atoms with Crippen molar-refractivity contribution in [1.29, 1.82) is 0 Å². The van der Waals surface area contributed by atoms with Crippen LogP contribution in [0.25, 0.3) is 0 Å².